The van der Waals surface area contributed by atoms with Crippen molar-refractivity contribution in [2.75, 3.05) is 19.8 Å². The number of rotatable bonds is 4. The van der Waals surface area contributed by atoms with Crippen LogP contribution >= 0.6 is 0 Å². The molecule has 1 aliphatic carbocycles. The van der Waals surface area contributed by atoms with Crippen molar-refractivity contribution in [2.45, 2.75) is 45.6 Å². The standard InChI is InChI=1S/C17H25N3O4/c1-11-15(12(2)19(3)18-11)13-10-24-8-7-20(13)14(21)9-17(16(22)23)5-4-6-17/h13H,4-10H2,1-3H3,(H,22,23). The van der Waals surface area contributed by atoms with Gasteiger partial charge in [-0.05, 0) is 26.7 Å². The number of amides is 1. The van der Waals surface area contributed by atoms with Crippen molar-refractivity contribution in [3.63, 3.8) is 0 Å². The third-order valence-corrected chi connectivity index (χ3v) is 5.60. The van der Waals surface area contributed by atoms with Crippen molar-refractivity contribution >= 4 is 11.9 Å². The van der Waals surface area contributed by atoms with Crippen LogP contribution in [-0.2, 0) is 21.4 Å². The van der Waals surface area contributed by atoms with Crippen LogP contribution in [0.3, 0.4) is 0 Å². The van der Waals surface area contributed by atoms with Crippen LogP contribution in [0.1, 0.15) is 48.7 Å². The summed E-state index contributed by atoms with van der Waals surface area (Å²) < 4.78 is 7.42. The molecule has 1 aromatic rings. The molecule has 1 N–H and O–H groups in total. The minimum Gasteiger partial charge on any atom is -0.481 e. The fourth-order valence-corrected chi connectivity index (χ4v) is 3.87. The summed E-state index contributed by atoms with van der Waals surface area (Å²) in [4.78, 5) is 26.3. The molecule has 2 aliphatic rings. The van der Waals surface area contributed by atoms with Crippen LogP contribution in [0.4, 0.5) is 0 Å². The van der Waals surface area contributed by atoms with Crippen LogP contribution in [0.25, 0.3) is 0 Å². The summed E-state index contributed by atoms with van der Waals surface area (Å²) in [7, 11) is 1.88. The number of aromatic nitrogens is 2. The summed E-state index contributed by atoms with van der Waals surface area (Å²) in [5.74, 6) is -0.936. The molecule has 1 aromatic heterocycles. The summed E-state index contributed by atoms with van der Waals surface area (Å²) >= 11 is 0. The molecule has 1 atom stereocenters. The Kier molecular flexibility index (Phi) is 4.38. The van der Waals surface area contributed by atoms with E-state index < -0.39 is 11.4 Å². The van der Waals surface area contributed by atoms with E-state index in [-0.39, 0.29) is 18.4 Å². The zero-order chi connectivity index (χ0) is 17.5. The van der Waals surface area contributed by atoms with Crippen LogP contribution in [0.2, 0.25) is 0 Å². The predicted molar refractivity (Wildman–Crippen MR) is 86.5 cm³/mol. The Bertz CT molecular complexity index is 663. The molecule has 1 aliphatic heterocycles. The average molecular weight is 335 g/mol. The maximum atomic E-state index is 12.9. The molecule has 3 rings (SSSR count). The first kappa shape index (κ1) is 17.0. The topological polar surface area (TPSA) is 84.7 Å². The molecule has 7 heteroatoms. The van der Waals surface area contributed by atoms with E-state index in [0.717, 1.165) is 23.4 Å². The van der Waals surface area contributed by atoms with E-state index in [2.05, 4.69) is 5.10 Å². The molecule has 1 amide bonds. The molecule has 0 bridgehead atoms. The van der Waals surface area contributed by atoms with Crippen LogP contribution in [0, 0.1) is 19.3 Å². The number of hydrogen-bond donors (Lipinski definition) is 1. The third kappa shape index (κ3) is 2.70. The van der Waals surface area contributed by atoms with Crippen molar-refractivity contribution in [1.29, 1.82) is 0 Å². The van der Waals surface area contributed by atoms with E-state index in [9.17, 15) is 14.7 Å². The van der Waals surface area contributed by atoms with E-state index >= 15 is 0 Å². The Morgan fingerprint density at radius 2 is 2.08 bits per heavy atom. The second kappa shape index (κ2) is 6.20. The first-order chi connectivity index (χ1) is 11.4. The zero-order valence-corrected chi connectivity index (χ0v) is 14.5. The quantitative estimate of drug-likeness (QED) is 0.903. The lowest BCUT2D eigenvalue weighted by molar-refractivity contribution is -0.161. The molecule has 2 fully saturated rings. The van der Waals surface area contributed by atoms with Gasteiger partial charge in [0.25, 0.3) is 0 Å². The minimum atomic E-state index is -0.862. The Balaban J connectivity index is 1.84. The number of aryl methyl sites for hydroxylation is 2. The van der Waals surface area contributed by atoms with Gasteiger partial charge in [-0.15, -0.1) is 0 Å². The maximum Gasteiger partial charge on any atom is 0.310 e. The van der Waals surface area contributed by atoms with E-state index in [1.807, 2.05) is 25.6 Å². The fourth-order valence-electron chi connectivity index (χ4n) is 3.87. The van der Waals surface area contributed by atoms with Gasteiger partial charge in [0, 0.05) is 31.3 Å². The van der Waals surface area contributed by atoms with Crippen LogP contribution in [0.15, 0.2) is 0 Å². The number of carboxylic acids is 1. The first-order valence-electron chi connectivity index (χ1n) is 8.46. The van der Waals surface area contributed by atoms with Crippen molar-refractivity contribution in [1.82, 2.24) is 14.7 Å². The first-order valence-corrected chi connectivity index (χ1v) is 8.46. The minimum absolute atomic E-state index is 0.0805. The Hall–Kier alpha value is -1.89. The summed E-state index contributed by atoms with van der Waals surface area (Å²) in [6.07, 6.45) is 2.15. The number of nitrogens with zero attached hydrogens (tertiary/aromatic N) is 3. The Morgan fingerprint density at radius 1 is 1.38 bits per heavy atom. The third-order valence-electron chi connectivity index (χ3n) is 5.60. The molecule has 0 radical (unpaired) electrons. The average Bonchev–Trinajstić information content (AvgIpc) is 2.75. The van der Waals surface area contributed by atoms with Gasteiger partial charge in [-0.3, -0.25) is 14.3 Å². The number of morpholine rings is 1. The molecular formula is C17H25N3O4. The highest BCUT2D eigenvalue weighted by molar-refractivity contribution is 5.86. The lowest BCUT2D eigenvalue weighted by atomic mass is 9.66. The van der Waals surface area contributed by atoms with Gasteiger partial charge in [0.05, 0.1) is 30.4 Å². The monoisotopic (exact) mass is 335 g/mol. The van der Waals surface area contributed by atoms with Gasteiger partial charge in [-0.2, -0.15) is 5.10 Å². The van der Waals surface area contributed by atoms with E-state index in [1.54, 1.807) is 4.90 Å². The predicted octanol–water partition coefficient (Wildman–Crippen LogP) is 1.58. The lowest BCUT2D eigenvalue weighted by Crippen LogP contribution is -2.48. The van der Waals surface area contributed by atoms with Gasteiger partial charge in [-0.25, -0.2) is 0 Å². The highest BCUT2D eigenvalue weighted by Gasteiger charge is 2.47. The maximum absolute atomic E-state index is 12.9. The van der Waals surface area contributed by atoms with Gasteiger partial charge < -0.3 is 14.7 Å². The number of carbonyl (C=O) groups excluding carboxylic acids is 1. The molecule has 0 spiro atoms. The zero-order valence-electron chi connectivity index (χ0n) is 14.5. The van der Waals surface area contributed by atoms with Crippen molar-refractivity contribution in [3.8, 4) is 0 Å². The fraction of sp³-hybridized carbons (Fsp3) is 0.706. The molecule has 1 saturated carbocycles. The van der Waals surface area contributed by atoms with Gasteiger partial charge in [-0.1, -0.05) is 6.42 Å². The van der Waals surface area contributed by atoms with Crippen LogP contribution in [0.5, 0.6) is 0 Å². The summed E-state index contributed by atoms with van der Waals surface area (Å²) in [5, 5.41) is 13.9. The Labute approximate surface area is 141 Å². The number of ether oxygens (including phenoxy) is 1. The number of hydrogen-bond acceptors (Lipinski definition) is 4. The SMILES string of the molecule is Cc1nn(C)c(C)c1C1COCCN1C(=O)CC1(C(=O)O)CCC1. The van der Waals surface area contributed by atoms with Gasteiger partial charge in [0.1, 0.15) is 0 Å². The molecule has 1 unspecified atom stereocenters. The number of carboxylic acid groups (broad SMARTS) is 1. The molecule has 24 heavy (non-hydrogen) atoms. The van der Waals surface area contributed by atoms with Gasteiger partial charge in [0.2, 0.25) is 5.91 Å². The van der Waals surface area contributed by atoms with Crippen LogP contribution < -0.4 is 0 Å². The smallest absolute Gasteiger partial charge is 0.310 e. The van der Waals surface area contributed by atoms with Gasteiger partial charge >= 0.3 is 5.97 Å². The molecular weight excluding hydrogens is 310 g/mol. The summed E-state index contributed by atoms with van der Waals surface area (Å²) in [6.45, 7) is 5.33. The number of aliphatic carboxylic acids is 1. The normalized spacial score (nSPS) is 23.0. The van der Waals surface area contributed by atoms with Crippen molar-refractivity contribution in [2.24, 2.45) is 12.5 Å². The Morgan fingerprint density at radius 3 is 2.58 bits per heavy atom. The van der Waals surface area contributed by atoms with E-state index in [0.29, 0.717) is 32.6 Å². The van der Waals surface area contributed by atoms with Gasteiger partial charge in [0.15, 0.2) is 0 Å². The van der Waals surface area contributed by atoms with Crippen LogP contribution in [-0.4, -0.2) is 51.4 Å². The molecule has 7 nitrogen and oxygen atoms in total. The van der Waals surface area contributed by atoms with Crippen molar-refractivity contribution < 1.29 is 19.4 Å². The second-order valence-corrected chi connectivity index (χ2v) is 7.00. The largest absolute Gasteiger partial charge is 0.481 e. The molecule has 132 valence electrons. The summed E-state index contributed by atoms with van der Waals surface area (Å²) in [6, 6.07) is -0.189. The number of carbonyl (C=O) groups is 2. The molecule has 0 aromatic carbocycles. The highest BCUT2D eigenvalue weighted by atomic mass is 16.5. The van der Waals surface area contributed by atoms with Crippen molar-refractivity contribution in [3.05, 3.63) is 17.0 Å². The highest BCUT2D eigenvalue weighted by Crippen LogP contribution is 2.45. The second-order valence-electron chi connectivity index (χ2n) is 7.00. The lowest BCUT2D eigenvalue weighted by Gasteiger charge is -2.41. The summed E-state index contributed by atoms with van der Waals surface area (Å²) in [5.41, 5.74) is 2.06. The van der Waals surface area contributed by atoms with E-state index in [4.69, 9.17) is 4.74 Å². The molecule has 1 saturated heterocycles. The van der Waals surface area contributed by atoms with E-state index in [1.165, 1.54) is 0 Å². The molecule has 2 heterocycles.